The smallest absolute Gasteiger partial charge is 0.0999 e. The van der Waals surface area contributed by atoms with Crippen LogP contribution in [0, 0.1) is 9.12 Å². The van der Waals surface area contributed by atoms with Crippen molar-refractivity contribution in [2.75, 3.05) is 6.54 Å². The van der Waals surface area contributed by atoms with E-state index in [1.807, 2.05) is 0 Å². The van der Waals surface area contributed by atoms with Gasteiger partial charge in [-0.2, -0.15) is 5.10 Å². The Labute approximate surface area is 133 Å². The van der Waals surface area contributed by atoms with E-state index in [9.17, 15) is 0 Å². The number of rotatable bonds is 3. The maximum atomic E-state index is 4.45. The van der Waals surface area contributed by atoms with Gasteiger partial charge in [0.2, 0.25) is 0 Å². The summed E-state index contributed by atoms with van der Waals surface area (Å²) in [4.78, 5) is 0. The molecule has 1 heterocycles. The maximum absolute atomic E-state index is 4.45. The van der Waals surface area contributed by atoms with Crippen LogP contribution < -0.4 is 5.32 Å². The first-order valence-corrected chi connectivity index (χ1v) is 8.07. The van der Waals surface area contributed by atoms with Crippen LogP contribution in [0.1, 0.15) is 37.5 Å². The summed E-state index contributed by atoms with van der Waals surface area (Å²) in [7, 11) is 0. The molecular formula is C16H20IN3. The molecular weight excluding hydrogens is 361 g/mol. The summed E-state index contributed by atoms with van der Waals surface area (Å²) >= 11 is 2.33. The van der Waals surface area contributed by atoms with E-state index in [1.165, 1.54) is 26.0 Å². The topological polar surface area (TPSA) is 40.7 Å². The molecule has 1 aliphatic carbocycles. The molecule has 1 aliphatic rings. The maximum Gasteiger partial charge on any atom is 0.0999 e. The molecule has 0 spiro atoms. The Kier molecular flexibility index (Phi) is 3.62. The van der Waals surface area contributed by atoms with Crippen LogP contribution in [0.2, 0.25) is 0 Å². The zero-order valence-corrected chi connectivity index (χ0v) is 14.3. The van der Waals surface area contributed by atoms with E-state index in [-0.39, 0.29) is 0 Å². The largest absolute Gasteiger partial charge is 0.312 e. The number of fused-ring (bicyclic) bond motifs is 3. The highest BCUT2D eigenvalue weighted by molar-refractivity contribution is 14.1. The highest BCUT2D eigenvalue weighted by Gasteiger charge is 2.23. The SMILES string of the molecule is CC(C)(C)CNCc1ccc2c(c1)-c1n[nH]c(I)c1C2. The van der Waals surface area contributed by atoms with Crippen molar-refractivity contribution in [3.63, 3.8) is 0 Å². The van der Waals surface area contributed by atoms with Crippen molar-refractivity contribution in [1.82, 2.24) is 15.5 Å². The Bertz CT molecular complexity index is 638. The highest BCUT2D eigenvalue weighted by Crippen LogP contribution is 2.37. The third-order valence-electron chi connectivity index (χ3n) is 3.60. The number of aromatic nitrogens is 2. The van der Waals surface area contributed by atoms with Crippen molar-refractivity contribution < 1.29 is 0 Å². The van der Waals surface area contributed by atoms with Crippen LogP contribution in [0.15, 0.2) is 18.2 Å². The van der Waals surface area contributed by atoms with Gasteiger partial charge < -0.3 is 5.32 Å². The third kappa shape index (κ3) is 2.76. The van der Waals surface area contributed by atoms with Crippen molar-refractivity contribution >= 4 is 22.6 Å². The van der Waals surface area contributed by atoms with Crippen LogP contribution in [0.25, 0.3) is 11.3 Å². The Morgan fingerprint density at radius 2 is 2.15 bits per heavy atom. The molecule has 20 heavy (non-hydrogen) atoms. The van der Waals surface area contributed by atoms with Gasteiger partial charge in [-0.25, -0.2) is 0 Å². The van der Waals surface area contributed by atoms with Crippen molar-refractivity contribution in [3.05, 3.63) is 38.6 Å². The van der Waals surface area contributed by atoms with Crippen LogP contribution in [0.5, 0.6) is 0 Å². The van der Waals surface area contributed by atoms with Crippen LogP contribution in [0.3, 0.4) is 0 Å². The molecule has 0 bridgehead atoms. The number of H-pyrrole nitrogens is 1. The number of nitrogens with one attached hydrogen (secondary N) is 2. The molecule has 3 rings (SSSR count). The number of hydrogen-bond donors (Lipinski definition) is 2. The quantitative estimate of drug-likeness (QED) is 0.679. The normalized spacial score (nSPS) is 13.4. The first-order valence-electron chi connectivity index (χ1n) is 7.00. The van der Waals surface area contributed by atoms with Crippen LogP contribution in [-0.2, 0) is 13.0 Å². The Balaban J connectivity index is 1.78. The second kappa shape index (κ2) is 5.15. The van der Waals surface area contributed by atoms with E-state index in [0.717, 1.165) is 25.2 Å². The Morgan fingerprint density at radius 1 is 1.35 bits per heavy atom. The van der Waals surface area contributed by atoms with E-state index in [2.05, 4.69) is 77.1 Å². The second-order valence-electron chi connectivity index (χ2n) is 6.70. The monoisotopic (exact) mass is 381 g/mol. The average Bonchev–Trinajstić information content (AvgIpc) is 2.88. The molecule has 0 radical (unpaired) electrons. The molecule has 1 aromatic heterocycles. The zero-order valence-electron chi connectivity index (χ0n) is 12.2. The minimum atomic E-state index is 0.322. The second-order valence-corrected chi connectivity index (χ2v) is 7.78. The van der Waals surface area contributed by atoms with Gasteiger partial charge in [-0.3, -0.25) is 5.10 Å². The van der Waals surface area contributed by atoms with Gasteiger partial charge in [0.25, 0.3) is 0 Å². The van der Waals surface area contributed by atoms with Crippen molar-refractivity contribution in [1.29, 1.82) is 0 Å². The van der Waals surface area contributed by atoms with Gasteiger partial charge >= 0.3 is 0 Å². The minimum Gasteiger partial charge on any atom is -0.312 e. The van der Waals surface area contributed by atoms with Crippen LogP contribution in [0.4, 0.5) is 0 Å². The van der Waals surface area contributed by atoms with Gasteiger partial charge in [0.05, 0.1) is 9.39 Å². The average molecular weight is 381 g/mol. The lowest BCUT2D eigenvalue weighted by atomic mass is 9.97. The first-order chi connectivity index (χ1) is 9.44. The number of hydrogen-bond acceptors (Lipinski definition) is 2. The van der Waals surface area contributed by atoms with Crippen LogP contribution >= 0.6 is 22.6 Å². The van der Waals surface area contributed by atoms with Gasteiger partial charge in [-0.1, -0.05) is 32.9 Å². The lowest BCUT2D eigenvalue weighted by Crippen LogP contribution is -2.26. The number of halogens is 1. The van der Waals surface area contributed by atoms with Gasteiger partial charge in [-0.05, 0) is 45.2 Å². The van der Waals surface area contributed by atoms with E-state index < -0.39 is 0 Å². The predicted octanol–water partition coefficient (Wildman–Crippen LogP) is 3.72. The van der Waals surface area contributed by atoms with Gasteiger partial charge in [0, 0.05) is 30.6 Å². The lowest BCUT2D eigenvalue weighted by molar-refractivity contribution is 0.379. The molecule has 0 amide bonds. The molecule has 106 valence electrons. The molecule has 2 N–H and O–H groups in total. The summed E-state index contributed by atoms with van der Waals surface area (Å²) in [6.45, 7) is 8.69. The molecule has 0 unspecified atom stereocenters. The number of aromatic amines is 1. The minimum absolute atomic E-state index is 0.322. The molecule has 4 heteroatoms. The molecule has 1 aromatic carbocycles. The number of benzene rings is 1. The van der Waals surface area contributed by atoms with Crippen molar-refractivity contribution in [2.45, 2.75) is 33.7 Å². The first kappa shape index (κ1) is 14.1. The van der Waals surface area contributed by atoms with Crippen molar-refractivity contribution in [3.8, 4) is 11.3 Å². The van der Waals surface area contributed by atoms with Gasteiger partial charge in [-0.15, -0.1) is 0 Å². The third-order valence-corrected chi connectivity index (χ3v) is 4.49. The van der Waals surface area contributed by atoms with Gasteiger partial charge in [0.15, 0.2) is 0 Å². The summed E-state index contributed by atoms with van der Waals surface area (Å²) < 4.78 is 1.17. The van der Waals surface area contributed by atoms with E-state index in [1.54, 1.807) is 0 Å². The van der Waals surface area contributed by atoms with E-state index >= 15 is 0 Å². The fourth-order valence-electron chi connectivity index (χ4n) is 2.61. The lowest BCUT2D eigenvalue weighted by Gasteiger charge is -2.19. The van der Waals surface area contributed by atoms with Gasteiger partial charge in [0.1, 0.15) is 0 Å². The molecule has 0 fully saturated rings. The highest BCUT2D eigenvalue weighted by atomic mass is 127. The molecule has 3 nitrogen and oxygen atoms in total. The molecule has 0 saturated heterocycles. The molecule has 0 saturated carbocycles. The predicted molar refractivity (Wildman–Crippen MR) is 90.7 cm³/mol. The molecule has 0 aliphatic heterocycles. The summed E-state index contributed by atoms with van der Waals surface area (Å²) in [6.07, 6.45) is 1.01. The Hall–Kier alpha value is -0.880. The molecule has 2 aromatic rings. The summed E-state index contributed by atoms with van der Waals surface area (Å²) in [5.74, 6) is 0. The summed E-state index contributed by atoms with van der Waals surface area (Å²) in [5, 5.41) is 11.1. The molecule has 0 atom stereocenters. The standard InChI is InChI=1S/C16H20IN3/c1-16(2,3)9-18-8-10-4-5-11-7-13-14(12(11)6-10)19-20-15(13)17/h4-6,18H,7-9H2,1-3H3,(H,19,20). The fourth-order valence-corrected chi connectivity index (χ4v) is 3.18. The fraction of sp³-hybridized carbons (Fsp3) is 0.438. The zero-order chi connectivity index (χ0) is 14.3. The van der Waals surface area contributed by atoms with E-state index in [0.29, 0.717) is 5.41 Å². The summed E-state index contributed by atoms with van der Waals surface area (Å²) in [5.41, 5.74) is 6.84. The summed E-state index contributed by atoms with van der Waals surface area (Å²) in [6, 6.07) is 6.77. The Morgan fingerprint density at radius 3 is 2.90 bits per heavy atom. The van der Waals surface area contributed by atoms with E-state index in [4.69, 9.17) is 0 Å². The van der Waals surface area contributed by atoms with Crippen molar-refractivity contribution in [2.24, 2.45) is 5.41 Å². The number of nitrogens with zero attached hydrogens (tertiary/aromatic N) is 1. The van der Waals surface area contributed by atoms with Crippen LogP contribution in [-0.4, -0.2) is 16.7 Å².